The number of ether oxygens (including phenoxy) is 1. The van der Waals surface area contributed by atoms with Gasteiger partial charge in [0.05, 0.1) is 12.0 Å². The van der Waals surface area contributed by atoms with Gasteiger partial charge in [-0.1, -0.05) is 62.4 Å². The van der Waals surface area contributed by atoms with Crippen LogP contribution in [0, 0.1) is 12.8 Å². The van der Waals surface area contributed by atoms with Crippen molar-refractivity contribution in [1.82, 2.24) is 9.62 Å². The molecule has 0 bridgehead atoms. The first-order valence-corrected chi connectivity index (χ1v) is 13.8. The lowest BCUT2D eigenvalue weighted by Crippen LogP contribution is -2.52. The minimum Gasteiger partial charge on any atom is -0.497 e. The average Bonchev–Trinajstić information content (AvgIpc) is 2.87. The van der Waals surface area contributed by atoms with Crippen molar-refractivity contribution in [3.63, 3.8) is 0 Å². The van der Waals surface area contributed by atoms with Gasteiger partial charge in [-0.3, -0.25) is 4.79 Å². The summed E-state index contributed by atoms with van der Waals surface area (Å²) >= 11 is 0. The summed E-state index contributed by atoms with van der Waals surface area (Å²) in [5.41, 5.74) is 0.388. The number of nitrogens with zero attached hydrogens (tertiary/aromatic N) is 1. The Hall–Kier alpha value is -3.20. The van der Waals surface area contributed by atoms with Crippen LogP contribution in [0.2, 0.25) is 0 Å². The number of carbonyl (C=O) groups is 1. The predicted octanol–water partition coefficient (Wildman–Crippen LogP) is 4.40. The smallest absolute Gasteiger partial charge is 0.253 e. The molecule has 0 aliphatic carbocycles. The Morgan fingerprint density at radius 3 is 2.22 bits per heavy atom. The van der Waals surface area contributed by atoms with Crippen LogP contribution in [0.25, 0.3) is 0 Å². The van der Waals surface area contributed by atoms with Crippen LogP contribution >= 0.6 is 0 Å². The van der Waals surface area contributed by atoms with Crippen molar-refractivity contribution >= 4 is 15.9 Å². The summed E-state index contributed by atoms with van der Waals surface area (Å²) in [6.07, 6.45) is 0.130. The molecular formula is C29H36N2O5S. The third kappa shape index (κ3) is 7.64. The van der Waals surface area contributed by atoms with Crippen molar-refractivity contribution < 1.29 is 23.1 Å². The molecule has 198 valence electrons. The molecule has 0 radical (unpaired) electrons. The molecule has 3 rings (SSSR count). The number of sulfonamides is 1. The number of hydrogen-bond acceptors (Lipinski definition) is 5. The summed E-state index contributed by atoms with van der Waals surface area (Å²) in [4.78, 5) is 13.3. The first-order chi connectivity index (χ1) is 17.5. The number of benzene rings is 3. The van der Waals surface area contributed by atoms with E-state index in [4.69, 9.17) is 4.74 Å². The zero-order valence-electron chi connectivity index (χ0n) is 21.8. The minimum absolute atomic E-state index is 0.00161. The van der Waals surface area contributed by atoms with E-state index in [0.717, 1.165) is 11.1 Å². The summed E-state index contributed by atoms with van der Waals surface area (Å²) in [6, 6.07) is 22.7. The topological polar surface area (TPSA) is 95.9 Å². The fourth-order valence-electron chi connectivity index (χ4n) is 4.16. The highest BCUT2D eigenvalue weighted by molar-refractivity contribution is 7.89. The van der Waals surface area contributed by atoms with Crippen LogP contribution in [-0.4, -0.2) is 49.7 Å². The van der Waals surface area contributed by atoms with E-state index >= 15 is 0 Å². The van der Waals surface area contributed by atoms with Crippen LogP contribution in [-0.2, 0) is 16.4 Å². The molecule has 8 heteroatoms. The molecule has 2 N–H and O–H groups in total. The van der Waals surface area contributed by atoms with E-state index in [2.05, 4.69) is 5.32 Å². The predicted molar refractivity (Wildman–Crippen MR) is 145 cm³/mol. The lowest BCUT2D eigenvalue weighted by molar-refractivity contribution is -0.00269. The van der Waals surface area contributed by atoms with Crippen LogP contribution < -0.4 is 10.1 Å². The molecular weight excluding hydrogens is 488 g/mol. The van der Waals surface area contributed by atoms with Gasteiger partial charge in [-0.2, -0.15) is 4.31 Å². The Morgan fingerprint density at radius 2 is 1.62 bits per heavy atom. The minimum atomic E-state index is -3.85. The molecule has 0 saturated carbocycles. The van der Waals surface area contributed by atoms with E-state index in [9.17, 15) is 18.3 Å². The lowest BCUT2D eigenvalue weighted by Gasteiger charge is -2.33. The average molecular weight is 525 g/mol. The zero-order chi connectivity index (χ0) is 27.1. The largest absolute Gasteiger partial charge is 0.497 e. The van der Waals surface area contributed by atoms with Crippen LogP contribution in [0.3, 0.4) is 0 Å². The Labute approximate surface area is 220 Å². The van der Waals surface area contributed by atoms with E-state index in [1.54, 1.807) is 24.3 Å². The Bertz CT molecular complexity index is 1280. The molecule has 0 aliphatic heterocycles. The molecule has 37 heavy (non-hydrogen) atoms. The third-order valence-corrected chi connectivity index (χ3v) is 8.00. The van der Waals surface area contributed by atoms with Gasteiger partial charge >= 0.3 is 0 Å². The van der Waals surface area contributed by atoms with Crippen LogP contribution in [0.1, 0.15) is 41.8 Å². The van der Waals surface area contributed by atoms with E-state index < -0.39 is 21.7 Å². The highest BCUT2D eigenvalue weighted by atomic mass is 32.2. The molecule has 1 unspecified atom stereocenters. The first kappa shape index (κ1) is 28.4. The van der Waals surface area contributed by atoms with Gasteiger partial charge in [-0.25, -0.2) is 8.42 Å². The molecule has 3 aromatic rings. The number of hydrogen-bond donors (Lipinski definition) is 2. The van der Waals surface area contributed by atoms with Crippen molar-refractivity contribution in [1.29, 1.82) is 0 Å². The number of amides is 1. The molecule has 0 aromatic heterocycles. The third-order valence-electron chi connectivity index (χ3n) is 6.12. The van der Waals surface area contributed by atoms with Gasteiger partial charge in [0.25, 0.3) is 5.91 Å². The van der Waals surface area contributed by atoms with Gasteiger partial charge in [-0.05, 0) is 54.3 Å². The SMILES string of the molecule is COc1ccc(S(=O)(=O)N(CCC(O)(Cc2ccccc2)NC(=O)c2ccccc2C)CC(C)C)cc1. The second-order valence-electron chi connectivity index (χ2n) is 9.65. The second kappa shape index (κ2) is 12.4. The van der Waals surface area contributed by atoms with Crippen molar-refractivity contribution in [2.75, 3.05) is 20.2 Å². The van der Waals surface area contributed by atoms with Crippen molar-refractivity contribution in [3.05, 3.63) is 95.6 Å². The van der Waals surface area contributed by atoms with Gasteiger partial charge in [0.2, 0.25) is 10.0 Å². The molecule has 0 saturated heterocycles. The summed E-state index contributed by atoms with van der Waals surface area (Å²) in [5, 5.41) is 14.5. The zero-order valence-corrected chi connectivity index (χ0v) is 22.7. The van der Waals surface area contributed by atoms with Crippen molar-refractivity contribution in [2.45, 2.75) is 44.2 Å². The maximum absolute atomic E-state index is 13.5. The normalized spacial score (nSPS) is 13.4. The molecule has 0 heterocycles. The molecule has 0 fully saturated rings. The van der Waals surface area contributed by atoms with Gasteiger partial charge < -0.3 is 15.2 Å². The maximum Gasteiger partial charge on any atom is 0.253 e. The van der Waals surface area contributed by atoms with Crippen LogP contribution in [0.15, 0.2) is 83.8 Å². The van der Waals surface area contributed by atoms with E-state index in [1.807, 2.05) is 63.2 Å². The number of nitrogens with one attached hydrogen (secondary N) is 1. The molecule has 0 aliphatic rings. The highest BCUT2D eigenvalue weighted by Crippen LogP contribution is 2.24. The molecule has 1 atom stereocenters. The van der Waals surface area contributed by atoms with Gasteiger partial charge in [0, 0.05) is 31.5 Å². The quantitative estimate of drug-likeness (QED) is 0.343. The Kier molecular flexibility index (Phi) is 9.48. The molecule has 3 aromatic carbocycles. The summed E-state index contributed by atoms with van der Waals surface area (Å²) < 4.78 is 33.6. The number of aryl methyl sites for hydroxylation is 1. The number of carbonyl (C=O) groups excluding carboxylic acids is 1. The summed E-state index contributed by atoms with van der Waals surface area (Å²) in [5.74, 6) is 0.201. The van der Waals surface area contributed by atoms with E-state index in [-0.39, 0.29) is 36.7 Å². The Morgan fingerprint density at radius 1 is 1.00 bits per heavy atom. The monoisotopic (exact) mass is 524 g/mol. The number of methoxy groups -OCH3 is 1. The summed E-state index contributed by atoms with van der Waals surface area (Å²) in [6.45, 7) is 5.99. The standard InChI is InChI=1S/C29H36N2O5S/c1-22(2)21-31(37(34,35)26-16-14-25(36-4)15-17-26)19-18-29(33,20-24-11-6-5-7-12-24)30-28(32)27-13-9-8-10-23(27)3/h5-17,22,33H,18-21H2,1-4H3,(H,30,32). The van der Waals surface area contributed by atoms with Crippen LogP contribution in [0.4, 0.5) is 0 Å². The highest BCUT2D eigenvalue weighted by Gasteiger charge is 2.33. The second-order valence-corrected chi connectivity index (χ2v) is 11.6. The molecule has 0 spiro atoms. The molecule has 7 nitrogen and oxygen atoms in total. The van der Waals surface area contributed by atoms with E-state index in [1.165, 1.54) is 23.5 Å². The van der Waals surface area contributed by atoms with Crippen LogP contribution in [0.5, 0.6) is 5.75 Å². The van der Waals surface area contributed by atoms with E-state index in [0.29, 0.717) is 11.3 Å². The Balaban J connectivity index is 1.89. The van der Waals surface area contributed by atoms with Crippen molar-refractivity contribution in [2.24, 2.45) is 5.92 Å². The van der Waals surface area contributed by atoms with Gasteiger partial charge in [0.1, 0.15) is 11.5 Å². The van der Waals surface area contributed by atoms with Gasteiger partial charge in [-0.15, -0.1) is 0 Å². The van der Waals surface area contributed by atoms with Gasteiger partial charge in [0.15, 0.2) is 0 Å². The lowest BCUT2D eigenvalue weighted by atomic mass is 9.98. The molecule has 1 amide bonds. The maximum atomic E-state index is 13.5. The van der Waals surface area contributed by atoms with Crippen molar-refractivity contribution in [3.8, 4) is 5.75 Å². The first-order valence-electron chi connectivity index (χ1n) is 12.3. The fraction of sp³-hybridized carbons (Fsp3) is 0.345. The summed E-state index contributed by atoms with van der Waals surface area (Å²) in [7, 11) is -2.33. The number of aliphatic hydroxyl groups is 1. The number of rotatable bonds is 12. The fourth-order valence-corrected chi connectivity index (χ4v) is 5.76.